The Kier molecular flexibility index (Phi) is 7.91. The van der Waals surface area contributed by atoms with Crippen molar-refractivity contribution in [3.05, 3.63) is 35.6 Å². The smallest absolute Gasteiger partial charge is 0.123 e. The highest BCUT2D eigenvalue weighted by Gasteiger charge is 2.33. The molecule has 3 heteroatoms. The molecule has 0 aliphatic carbocycles. The Morgan fingerprint density at radius 3 is 2.15 bits per heavy atom. The molecule has 0 nitrogen and oxygen atoms in total. The summed E-state index contributed by atoms with van der Waals surface area (Å²) in [5.41, 5.74) is 0.810. The zero-order valence-corrected chi connectivity index (χ0v) is 14.0. The highest BCUT2D eigenvalue weighted by atomic mass is 35.5. The molecule has 0 bridgehead atoms. The number of halogens is 3. The molecule has 0 spiro atoms. The molecule has 0 aromatic heterocycles. The second kappa shape index (κ2) is 8.89. The Morgan fingerprint density at radius 2 is 1.70 bits per heavy atom. The third kappa shape index (κ3) is 4.63. The number of hydrogen-bond donors (Lipinski definition) is 0. The lowest BCUT2D eigenvalue weighted by Gasteiger charge is -2.34. The van der Waals surface area contributed by atoms with Gasteiger partial charge in [0.05, 0.1) is 0 Å². The zero-order chi connectivity index (χ0) is 15.0. The summed E-state index contributed by atoms with van der Waals surface area (Å²) in [5, 5.41) is 0. The van der Waals surface area contributed by atoms with Crippen LogP contribution >= 0.6 is 23.2 Å². The van der Waals surface area contributed by atoms with Crippen molar-refractivity contribution in [1.29, 1.82) is 0 Å². The molecule has 1 atom stereocenters. The molecule has 0 fully saturated rings. The van der Waals surface area contributed by atoms with Crippen LogP contribution in [0.25, 0.3) is 0 Å². The molecule has 20 heavy (non-hydrogen) atoms. The first-order valence-corrected chi connectivity index (χ1v) is 8.56. The van der Waals surface area contributed by atoms with E-state index in [1.165, 1.54) is 31.4 Å². The molecule has 114 valence electrons. The molecule has 0 radical (unpaired) electrons. The lowest BCUT2D eigenvalue weighted by molar-refractivity contribution is 0.333. The maximum absolute atomic E-state index is 13.1. The number of unbranched alkanes of at least 4 members (excludes halogenated alkanes) is 1. The van der Waals surface area contributed by atoms with Gasteiger partial charge in [-0.25, -0.2) is 4.39 Å². The van der Waals surface area contributed by atoms with Crippen molar-refractivity contribution >= 4 is 23.2 Å². The predicted molar refractivity (Wildman–Crippen MR) is 87.4 cm³/mol. The fraction of sp³-hybridized carbons (Fsp3) is 0.647. The molecule has 0 amide bonds. The Labute approximate surface area is 132 Å². The van der Waals surface area contributed by atoms with Gasteiger partial charge in [0.25, 0.3) is 0 Å². The van der Waals surface area contributed by atoms with E-state index in [-0.39, 0.29) is 11.2 Å². The van der Waals surface area contributed by atoms with E-state index in [1.807, 2.05) is 12.1 Å². The lowest BCUT2D eigenvalue weighted by atomic mass is 9.75. The van der Waals surface area contributed by atoms with Crippen molar-refractivity contribution < 1.29 is 4.39 Å². The van der Waals surface area contributed by atoms with Gasteiger partial charge < -0.3 is 0 Å². The van der Waals surface area contributed by atoms with Gasteiger partial charge in [-0.2, -0.15) is 0 Å². The minimum Gasteiger partial charge on any atom is -0.207 e. The minimum absolute atomic E-state index is 0.218. The van der Waals surface area contributed by atoms with Crippen molar-refractivity contribution in [2.24, 2.45) is 5.92 Å². The molecule has 0 aliphatic rings. The van der Waals surface area contributed by atoms with Crippen LogP contribution in [0.2, 0.25) is 0 Å². The van der Waals surface area contributed by atoms with E-state index < -0.39 is 0 Å². The van der Waals surface area contributed by atoms with Gasteiger partial charge in [0.1, 0.15) is 5.82 Å². The summed E-state index contributed by atoms with van der Waals surface area (Å²) < 4.78 is 13.1. The predicted octanol–water partition coefficient (Wildman–Crippen LogP) is 6.15. The number of rotatable bonds is 9. The van der Waals surface area contributed by atoms with E-state index in [0.29, 0.717) is 17.7 Å². The van der Waals surface area contributed by atoms with Crippen molar-refractivity contribution in [2.75, 3.05) is 11.8 Å². The largest absolute Gasteiger partial charge is 0.207 e. The summed E-state index contributed by atoms with van der Waals surface area (Å²) in [7, 11) is 0. The topological polar surface area (TPSA) is 0 Å². The lowest BCUT2D eigenvalue weighted by Crippen LogP contribution is -2.33. The van der Waals surface area contributed by atoms with Crippen LogP contribution in [0.15, 0.2) is 24.3 Å². The number of alkyl halides is 2. The molecule has 1 aromatic carbocycles. The van der Waals surface area contributed by atoms with Gasteiger partial charge in [0.15, 0.2) is 0 Å². The third-order valence-electron chi connectivity index (χ3n) is 4.19. The van der Waals surface area contributed by atoms with Gasteiger partial charge in [-0.3, -0.25) is 0 Å². The van der Waals surface area contributed by atoms with Crippen molar-refractivity contribution in [1.82, 2.24) is 0 Å². The standard InChI is InChI=1S/C17H25Cl2F/c1-3-5-6-14(4-2)11-17(12-18,13-19)15-7-9-16(20)10-8-15/h7-10,14H,3-6,11-13H2,1-2H3. The summed E-state index contributed by atoms with van der Waals surface area (Å²) in [6.45, 7) is 4.43. The normalized spacial score (nSPS) is 13.4. The highest BCUT2D eigenvalue weighted by Crippen LogP contribution is 2.37. The Hall–Kier alpha value is -0.270. The minimum atomic E-state index is -0.245. The SMILES string of the molecule is CCCCC(CC)CC(CCl)(CCl)c1ccc(F)cc1. The fourth-order valence-corrected chi connectivity index (χ4v) is 3.53. The van der Waals surface area contributed by atoms with Gasteiger partial charge in [0.2, 0.25) is 0 Å². The molecule has 0 aliphatic heterocycles. The fourth-order valence-electron chi connectivity index (χ4n) is 2.72. The number of benzene rings is 1. The van der Waals surface area contributed by atoms with E-state index in [0.717, 1.165) is 18.4 Å². The summed E-state index contributed by atoms with van der Waals surface area (Å²) in [4.78, 5) is 0. The van der Waals surface area contributed by atoms with Crippen LogP contribution in [-0.4, -0.2) is 11.8 Å². The van der Waals surface area contributed by atoms with Crippen LogP contribution < -0.4 is 0 Å². The average Bonchev–Trinajstić information content (AvgIpc) is 2.49. The van der Waals surface area contributed by atoms with Crippen LogP contribution in [0.3, 0.4) is 0 Å². The van der Waals surface area contributed by atoms with Crippen molar-refractivity contribution in [3.8, 4) is 0 Å². The molecule has 1 aromatic rings. The summed E-state index contributed by atoms with van der Waals surface area (Å²) in [5.74, 6) is 1.36. The first-order chi connectivity index (χ1) is 9.61. The van der Waals surface area contributed by atoms with Gasteiger partial charge in [-0.15, -0.1) is 23.2 Å². The molecule has 1 unspecified atom stereocenters. The Bertz CT molecular complexity index is 371. The monoisotopic (exact) mass is 318 g/mol. The zero-order valence-electron chi connectivity index (χ0n) is 12.5. The quantitative estimate of drug-likeness (QED) is 0.479. The van der Waals surface area contributed by atoms with Gasteiger partial charge >= 0.3 is 0 Å². The summed E-state index contributed by atoms with van der Waals surface area (Å²) >= 11 is 12.5. The van der Waals surface area contributed by atoms with Crippen LogP contribution in [0.1, 0.15) is 51.5 Å². The van der Waals surface area contributed by atoms with Crippen LogP contribution in [0.4, 0.5) is 4.39 Å². The number of hydrogen-bond acceptors (Lipinski definition) is 0. The molecule has 0 saturated heterocycles. The molecule has 0 N–H and O–H groups in total. The first-order valence-electron chi connectivity index (χ1n) is 7.49. The van der Waals surface area contributed by atoms with Gasteiger partial charge in [0, 0.05) is 17.2 Å². The molecule has 0 saturated carbocycles. The van der Waals surface area contributed by atoms with Crippen LogP contribution in [0, 0.1) is 11.7 Å². The van der Waals surface area contributed by atoms with Gasteiger partial charge in [-0.1, -0.05) is 51.7 Å². The Balaban J connectivity index is 2.92. The van der Waals surface area contributed by atoms with Crippen molar-refractivity contribution in [3.63, 3.8) is 0 Å². The van der Waals surface area contributed by atoms with E-state index >= 15 is 0 Å². The molecule has 1 rings (SSSR count). The average molecular weight is 319 g/mol. The first kappa shape index (κ1) is 17.8. The third-order valence-corrected chi connectivity index (χ3v) is 5.21. The molecular weight excluding hydrogens is 294 g/mol. The second-order valence-electron chi connectivity index (χ2n) is 5.68. The summed E-state index contributed by atoms with van der Waals surface area (Å²) in [6.07, 6.45) is 5.77. The molecule has 0 heterocycles. The van der Waals surface area contributed by atoms with E-state index in [1.54, 1.807) is 0 Å². The molecular formula is C17H25Cl2F. The van der Waals surface area contributed by atoms with E-state index in [2.05, 4.69) is 13.8 Å². The highest BCUT2D eigenvalue weighted by molar-refractivity contribution is 6.22. The van der Waals surface area contributed by atoms with Crippen LogP contribution in [0.5, 0.6) is 0 Å². The van der Waals surface area contributed by atoms with Crippen molar-refractivity contribution in [2.45, 2.75) is 51.4 Å². The van der Waals surface area contributed by atoms with E-state index in [9.17, 15) is 4.39 Å². The van der Waals surface area contributed by atoms with Gasteiger partial charge in [-0.05, 0) is 30.0 Å². The van der Waals surface area contributed by atoms with Crippen LogP contribution in [-0.2, 0) is 5.41 Å². The maximum atomic E-state index is 13.1. The maximum Gasteiger partial charge on any atom is 0.123 e. The Morgan fingerprint density at radius 1 is 1.10 bits per heavy atom. The summed E-state index contributed by atoms with van der Waals surface area (Å²) in [6, 6.07) is 6.64. The van der Waals surface area contributed by atoms with E-state index in [4.69, 9.17) is 23.2 Å². The second-order valence-corrected chi connectivity index (χ2v) is 6.21.